The average molecular weight is 893 g/mol. The van der Waals surface area contributed by atoms with Gasteiger partial charge in [-0.15, -0.1) is 0 Å². The highest BCUT2D eigenvalue weighted by Crippen LogP contribution is 2.59. The maximum Gasteiger partial charge on any atom is 0.0714 e. The van der Waals surface area contributed by atoms with Gasteiger partial charge >= 0.3 is 0 Å². The van der Waals surface area contributed by atoms with Gasteiger partial charge in [0.25, 0.3) is 0 Å². The fourth-order valence-corrected chi connectivity index (χ4v) is 11.9. The minimum absolute atomic E-state index is 0.513. The van der Waals surface area contributed by atoms with Gasteiger partial charge in [-0.3, -0.25) is 0 Å². The molecule has 0 fully saturated rings. The van der Waals surface area contributed by atoms with E-state index in [-0.39, 0.29) is 0 Å². The van der Waals surface area contributed by atoms with Gasteiger partial charge in [0, 0.05) is 34.1 Å². The van der Waals surface area contributed by atoms with Gasteiger partial charge in [-0.2, -0.15) is 0 Å². The number of para-hydroxylation sites is 3. The summed E-state index contributed by atoms with van der Waals surface area (Å²) in [4.78, 5) is 4.76. The van der Waals surface area contributed by atoms with Gasteiger partial charge in [0.2, 0.25) is 0 Å². The molecule has 2 heteroatoms. The lowest BCUT2D eigenvalue weighted by Gasteiger charge is -2.35. The molecule has 0 spiro atoms. The van der Waals surface area contributed by atoms with Crippen molar-refractivity contribution in [3.05, 3.63) is 336 Å². The average Bonchev–Trinajstić information content (AvgIpc) is 3.91. The summed E-state index contributed by atoms with van der Waals surface area (Å²) in [5, 5.41) is 0. The van der Waals surface area contributed by atoms with Crippen LogP contribution in [-0.2, 0) is 10.8 Å². The van der Waals surface area contributed by atoms with Crippen molar-refractivity contribution in [1.82, 2.24) is 0 Å². The van der Waals surface area contributed by atoms with E-state index in [0.717, 1.165) is 34.1 Å². The van der Waals surface area contributed by atoms with Gasteiger partial charge in [0.05, 0.1) is 10.8 Å². The molecule has 0 heterocycles. The molecule has 0 aliphatic heterocycles. The summed E-state index contributed by atoms with van der Waals surface area (Å²) in [5.41, 5.74) is 20.7. The van der Waals surface area contributed by atoms with Crippen LogP contribution < -0.4 is 9.80 Å². The first-order valence-electron chi connectivity index (χ1n) is 24.3. The van der Waals surface area contributed by atoms with Crippen LogP contribution >= 0.6 is 0 Å². The Hall–Kier alpha value is -8.98. The van der Waals surface area contributed by atoms with E-state index in [9.17, 15) is 0 Å². The largest absolute Gasteiger partial charge is 0.311 e. The highest BCUT2D eigenvalue weighted by Gasteiger charge is 2.48. The molecule has 0 radical (unpaired) electrons. The van der Waals surface area contributed by atoms with Gasteiger partial charge in [-0.25, -0.2) is 0 Å². The second kappa shape index (κ2) is 17.0. The van der Waals surface area contributed by atoms with Gasteiger partial charge in [-0.1, -0.05) is 218 Å². The molecule has 70 heavy (non-hydrogen) atoms. The number of benzene rings is 11. The van der Waals surface area contributed by atoms with Crippen molar-refractivity contribution in [2.45, 2.75) is 10.8 Å². The Morgan fingerprint density at radius 3 is 0.829 bits per heavy atom. The Kier molecular flexibility index (Phi) is 9.99. The van der Waals surface area contributed by atoms with E-state index in [1.54, 1.807) is 0 Å². The summed E-state index contributed by atoms with van der Waals surface area (Å²) < 4.78 is 0. The monoisotopic (exact) mass is 892 g/mol. The molecular formula is C68H48N2. The Balaban J connectivity index is 0.981. The Bertz CT molecular complexity index is 3500. The zero-order chi connectivity index (χ0) is 46.5. The standard InChI is InChI=1S/C68H48N2/c1-6-22-49(23-7-1)68(50-24-8-2-9-25-50)65-37-21-18-34-61(65)62-47-46-58(48-66(62)68)70(55-30-14-5-15-31-55)57-44-40-52(41-45-57)67(63-35-19-16-32-59(63)60-33-17-20-36-64(60)67)51-38-42-56(43-39-51)69(53-26-10-3-11-27-53)54-28-12-4-13-29-54/h1-48H. The second-order valence-electron chi connectivity index (χ2n) is 18.4. The number of hydrogen-bond donors (Lipinski definition) is 0. The third-order valence-corrected chi connectivity index (χ3v) is 14.8. The highest BCUT2D eigenvalue weighted by atomic mass is 15.1. The molecule has 11 aromatic carbocycles. The fourth-order valence-electron chi connectivity index (χ4n) is 11.9. The molecule has 0 saturated heterocycles. The van der Waals surface area contributed by atoms with Crippen LogP contribution in [0.3, 0.4) is 0 Å². The summed E-state index contributed by atoms with van der Waals surface area (Å²) in [5.74, 6) is 0. The van der Waals surface area contributed by atoms with Crippen molar-refractivity contribution in [1.29, 1.82) is 0 Å². The van der Waals surface area contributed by atoms with Crippen molar-refractivity contribution in [3.8, 4) is 22.3 Å². The van der Waals surface area contributed by atoms with Crippen LogP contribution in [0.2, 0.25) is 0 Å². The molecule has 11 aromatic rings. The molecule has 0 N–H and O–H groups in total. The summed E-state index contributed by atoms with van der Waals surface area (Å²) in [6.45, 7) is 0. The van der Waals surface area contributed by atoms with E-state index in [0.29, 0.717) is 0 Å². The minimum Gasteiger partial charge on any atom is -0.311 e. The van der Waals surface area contributed by atoms with Gasteiger partial charge in [0.15, 0.2) is 0 Å². The molecular weight excluding hydrogens is 845 g/mol. The molecule has 2 aliphatic carbocycles. The molecule has 0 atom stereocenters. The van der Waals surface area contributed by atoms with Gasteiger partial charge < -0.3 is 9.80 Å². The van der Waals surface area contributed by atoms with E-state index in [4.69, 9.17) is 0 Å². The molecule has 0 unspecified atom stereocenters. The predicted octanol–water partition coefficient (Wildman–Crippen LogP) is 17.4. The molecule has 13 rings (SSSR count). The topological polar surface area (TPSA) is 6.48 Å². The number of fused-ring (bicyclic) bond motifs is 6. The Labute approximate surface area is 410 Å². The third-order valence-electron chi connectivity index (χ3n) is 14.8. The van der Waals surface area contributed by atoms with E-state index in [2.05, 4.69) is 301 Å². The number of anilines is 6. The summed E-state index contributed by atoms with van der Waals surface area (Å²) in [7, 11) is 0. The van der Waals surface area contributed by atoms with Crippen LogP contribution in [0.4, 0.5) is 34.1 Å². The zero-order valence-electron chi connectivity index (χ0n) is 38.6. The predicted molar refractivity (Wildman–Crippen MR) is 290 cm³/mol. The van der Waals surface area contributed by atoms with Crippen molar-refractivity contribution < 1.29 is 0 Å². The van der Waals surface area contributed by atoms with Gasteiger partial charge in [-0.05, 0) is 140 Å². The number of hydrogen-bond acceptors (Lipinski definition) is 2. The Morgan fingerprint density at radius 2 is 0.443 bits per heavy atom. The third kappa shape index (κ3) is 6.34. The molecule has 0 aromatic heterocycles. The van der Waals surface area contributed by atoms with Crippen LogP contribution in [0.25, 0.3) is 22.3 Å². The normalized spacial score (nSPS) is 13.4. The summed E-state index contributed by atoms with van der Waals surface area (Å²) in [6.07, 6.45) is 0. The molecule has 2 aliphatic rings. The first kappa shape index (κ1) is 41.2. The van der Waals surface area contributed by atoms with Crippen LogP contribution in [0.1, 0.15) is 44.5 Å². The smallest absolute Gasteiger partial charge is 0.0714 e. The van der Waals surface area contributed by atoms with Crippen LogP contribution in [0, 0.1) is 0 Å². The lowest BCUT2D eigenvalue weighted by Crippen LogP contribution is -2.29. The molecule has 2 nitrogen and oxygen atoms in total. The van der Waals surface area contributed by atoms with Crippen molar-refractivity contribution in [3.63, 3.8) is 0 Å². The second-order valence-corrected chi connectivity index (χ2v) is 18.4. The first-order valence-corrected chi connectivity index (χ1v) is 24.3. The highest BCUT2D eigenvalue weighted by molar-refractivity contribution is 5.91. The molecule has 0 amide bonds. The summed E-state index contributed by atoms with van der Waals surface area (Å²) in [6, 6.07) is 107. The maximum absolute atomic E-state index is 2.46. The van der Waals surface area contributed by atoms with E-state index < -0.39 is 10.8 Å². The van der Waals surface area contributed by atoms with E-state index >= 15 is 0 Å². The Morgan fingerprint density at radius 1 is 0.186 bits per heavy atom. The maximum atomic E-state index is 2.46. The van der Waals surface area contributed by atoms with Crippen molar-refractivity contribution in [2.24, 2.45) is 0 Å². The van der Waals surface area contributed by atoms with Crippen molar-refractivity contribution in [2.75, 3.05) is 9.80 Å². The van der Waals surface area contributed by atoms with E-state index in [1.165, 1.54) is 66.8 Å². The molecule has 0 bridgehead atoms. The van der Waals surface area contributed by atoms with Crippen LogP contribution in [0.15, 0.2) is 291 Å². The minimum atomic E-state index is -0.573. The summed E-state index contributed by atoms with van der Waals surface area (Å²) >= 11 is 0. The molecule has 0 saturated carbocycles. The zero-order valence-corrected chi connectivity index (χ0v) is 38.6. The first-order chi connectivity index (χ1) is 34.7. The van der Waals surface area contributed by atoms with Crippen LogP contribution in [-0.4, -0.2) is 0 Å². The number of rotatable bonds is 10. The van der Waals surface area contributed by atoms with E-state index in [1.807, 2.05) is 0 Å². The van der Waals surface area contributed by atoms with Gasteiger partial charge in [0.1, 0.15) is 0 Å². The van der Waals surface area contributed by atoms with Crippen molar-refractivity contribution >= 4 is 34.1 Å². The molecule has 330 valence electrons. The number of nitrogens with zero attached hydrogens (tertiary/aromatic N) is 2. The van der Waals surface area contributed by atoms with Crippen LogP contribution in [0.5, 0.6) is 0 Å². The lowest BCUT2D eigenvalue weighted by atomic mass is 9.67. The fraction of sp³-hybridized carbons (Fsp3) is 0.0294. The SMILES string of the molecule is c1ccc(N(c2ccccc2)c2ccc(C3(c4ccc(N(c5ccccc5)c5ccc6c(c5)C(c5ccccc5)(c5ccccc5)c5ccccc5-6)cc4)c4ccccc4-c4ccccc43)cc2)cc1. The lowest BCUT2D eigenvalue weighted by molar-refractivity contribution is 0.768. The quantitative estimate of drug-likeness (QED) is 0.135.